The summed E-state index contributed by atoms with van der Waals surface area (Å²) in [5.41, 5.74) is 3.25. The van der Waals surface area contributed by atoms with Gasteiger partial charge >= 0.3 is 6.18 Å². The number of halogens is 3. The van der Waals surface area contributed by atoms with Crippen LogP contribution in [0.2, 0.25) is 0 Å². The van der Waals surface area contributed by atoms with Crippen molar-refractivity contribution in [3.05, 3.63) is 47.3 Å². The van der Waals surface area contributed by atoms with Gasteiger partial charge in [0, 0.05) is 38.4 Å². The molecule has 0 bridgehead atoms. The molecule has 44 heavy (non-hydrogen) atoms. The number of nitrogens with zero attached hydrogens (tertiary/aromatic N) is 6. The first-order valence-electron chi connectivity index (χ1n) is 14.4. The van der Waals surface area contributed by atoms with Crippen molar-refractivity contribution >= 4 is 40.5 Å². The van der Waals surface area contributed by atoms with Crippen LogP contribution >= 0.6 is 12.2 Å². The van der Waals surface area contributed by atoms with Crippen LogP contribution in [0.4, 0.5) is 24.5 Å². The van der Waals surface area contributed by atoms with Crippen LogP contribution in [0.5, 0.6) is 5.75 Å². The van der Waals surface area contributed by atoms with E-state index in [1.54, 1.807) is 24.8 Å². The topological polar surface area (TPSA) is 119 Å². The van der Waals surface area contributed by atoms with E-state index in [0.717, 1.165) is 61.7 Å². The lowest BCUT2D eigenvalue weighted by molar-refractivity contribution is -0.138. The Kier molecular flexibility index (Phi) is 8.34. The van der Waals surface area contributed by atoms with Gasteiger partial charge in [-0.15, -0.1) is 0 Å². The monoisotopic (exact) mass is 629 g/mol. The molecule has 2 aliphatic heterocycles. The van der Waals surface area contributed by atoms with Crippen LogP contribution in [0.1, 0.15) is 50.4 Å². The summed E-state index contributed by atoms with van der Waals surface area (Å²) in [5.74, 6) is -0.0661. The van der Waals surface area contributed by atoms with Crippen molar-refractivity contribution in [3.8, 4) is 11.8 Å². The minimum atomic E-state index is -4.84. The molecule has 3 aliphatic rings. The minimum absolute atomic E-state index is 0.00110. The lowest BCUT2D eigenvalue weighted by Gasteiger charge is -2.38. The summed E-state index contributed by atoms with van der Waals surface area (Å²) in [7, 11) is 0. The van der Waals surface area contributed by atoms with E-state index in [1.165, 1.54) is 6.07 Å². The smallest absolute Gasteiger partial charge is 0.419 e. The quantitative estimate of drug-likeness (QED) is 0.416. The molecule has 1 aliphatic carbocycles. The Labute approximate surface area is 259 Å². The number of carbonyl (C=O) groups is 2. The summed E-state index contributed by atoms with van der Waals surface area (Å²) in [5, 5.41) is 9.11. The molecule has 0 atom stereocenters. The van der Waals surface area contributed by atoms with Gasteiger partial charge in [-0.25, -0.2) is 4.98 Å². The molecule has 234 valence electrons. The van der Waals surface area contributed by atoms with Gasteiger partial charge in [0.1, 0.15) is 29.5 Å². The number of anilines is 2. The maximum atomic E-state index is 13.6. The van der Waals surface area contributed by atoms with Crippen molar-refractivity contribution in [1.82, 2.24) is 14.8 Å². The summed E-state index contributed by atoms with van der Waals surface area (Å²) in [6.07, 6.45) is -1.49. The SMILES string of the molecule is CCc1cc(N2C(=S)N(c3cnc(C#N)c(C(F)(F)F)c3)C(=O)C2(C)C)ccc1OCCN1CCN(C2(C(N)=O)CC2)CC1. The number of aryl methyl sites for hydroxylation is 1. The van der Waals surface area contributed by atoms with E-state index in [2.05, 4.69) is 14.8 Å². The van der Waals surface area contributed by atoms with Crippen LogP contribution in [0, 0.1) is 11.3 Å². The van der Waals surface area contributed by atoms with Gasteiger partial charge in [-0.1, -0.05) is 6.92 Å². The van der Waals surface area contributed by atoms with Gasteiger partial charge in [0.2, 0.25) is 5.91 Å². The van der Waals surface area contributed by atoms with E-state index in [0.29, 0.717) is 31.0 Å². The Morgan fingerprint density at radius 1 is 1.16 bits per heavy atom. The van der Waals surface area contributed by atoms with Crippen molar-refractivity contribution in [2.24, 2.45) is 5.73 Å². The molecular weight excluding hydrogens is 595 g/mol. The number of rotatable bonds is 9. The number of thiocarbonyl (C=S) groups is 1. The van der Waals surface area contributed by atoms with Gasteiger partial charge < -0.3 is 15.4 Å². The summed E-state index contributed by atoms with van der Waals surface area (Å²) < 4.78 is 47.0. The Balaban J connectivity index is 1.28. The largest absolute Gasteiger partial charge is 0.492 e. The molecule has 1 aromatic carbocycles. The maximum absolute atomic E-state index is 13.6. The Bertz CT molecular complexity index is 1530. The summed E-state index contributed by atoms with van der Waals surface area (Å²) in [6.45, 7) is 9.66. The van der Waals surface area contributed by atoms with Crippen molar-refractivity contribution in [1.29, 1.82) is 5.26 Å². The highest BCUT2D eigenvalue weighted by molar-refractivity contribution is 7.81. The van der Waals surface area contributed by atoms with Crippen molar-refractivity contribution in [2.45, 2.75) is 57.3 Å². The number of nitrogens with two attached hydrogens (primary N) is 1. The number of ether oxygens (including phenoxy) is 1. The molecule has 3 fully saturated rings. The van der Waals surface area contributed by atoms with Gasteiger partial charge in [-0.3, -0.25) is 24.3 Å². The Morgan fingerprint density at radius 2 is 1.84 bits per heavy atom. The highest BCUT2D eigenvalue weighted by atomic mass is 32.1. The first-order chi connectivity index (χ1) is 20.7. The number of pyridine rings is 1. The highest BCUT2D eigenvalue weighted by Gasteiger charge is 2.54. The van der Waals surface area contributed by atoms with Gasteiger partial charge in [0.25, 0.3) is 5.91 Å². The third-order valence-electron chi connectivity index (χ3n) is 8.72. The molecule has 2 amide bonds. The molecule has 14 heteroatoms. The third kappa shape index (κ3) is 5.60. The number of nitriles is 1. The number of amides is 2. The fraction of sp³-hybridized carbons (Fsp3) is 0.500. The summed E-state index contributed by atoms with van der Waals surface area (Å²) in [6, 6.07) is 7.63. The van der Waals surface area contributed by atoms with Crippen LogP contribution in [0.3, 0.4) is 0 Å². The second-order valence-corrected chi connectivity index (χ2v) is 12.1. The molecule has 10 nitrogen and oxygen atoms in total. The first-order valence-corrected chi connectivity index (χ1v) is 14.8. The fourth-order valence-electron chi connectivity index (χ4n) is 5.98. The van der Waals surface area contributed by atoms with Crippen LogP contribution in [0.25, 0.3) is 0 Å². The number of piperazine rings is 1. The predicted molar refractivity (Wildman–Crippen MR) is 161 cm³/mol. The van der Waals surface area contributed by atoms with Crippen LogP contribution in [0.15, 0.2) is 30.5 Å². The van der Waals surface area contributed by atoms with Crippen LogP contribution < -0.4 is 20.3 Å². The number of alkyl halides is 3. The summed E-state index contributed by atoms with van der Waals surface area (Å²) >= 11 is 5.65. The Hall–Kier alpha value is -3.80. The summed E-state index contributed by atoms with van der Waals surface area (Å²) in [4.78, 5) is 36.2. The molecule has 0 unspecified atom stereocenters. The Morgan fingerprint density at radius 3 is 2.41 bits per heavy atom. The number of primary amides is 1. The van der Waals surface area contributed by atoms with E-state index in [-0.39, 0.29) is 16.7 Å². The van der Waals surface area contributed by atoms with Gasteiger partial charge in [0.05, 0.1) is 17.4 Å². The van der Waals surface area contributed by atoms with Crippen molar-refractivity contribution in [2.75, 3.05) is 49.1 Å². The molecule has 2 saturated heterocycles. The maximum Gasteiger partial charge on any atom is 0.419 e. The number of hydrogen-bond acceptors (Lipinski definition) is 8. The highest BCUT2D eigenvalue weighted by Crippen LogP contribution is 2.42. The molecule has 5 rings (SSSR count). The van der Waals surface area contributed by atoms with E-state index in [9.17, 15) is 22.8 Å². The van der Waals surface area contributed by atoms with Crippen molar-refractivity contribution < 1.29 is 27.5 Å². The molecule has 2 aromatic rings. The van der Waals surface area contributed by atoms with Crippen LogP contribution in [-0.2, 0) is 22.2 Å². The molecule has 0 radical (unpaired) electrons. The number of carbonyl (C=O) groups excluding carboxylic acids is 2. The molecule has 0 spiro atoms. The van der Waals surface area contributed by atoms with Crippen molar-refractivity contribution in [3.63, 3.8) is 0 Å². The van der Waals surface area contributed by atoms with Gasteiger partial charge in [0.15, 0.2) is 10.8 Å². The average molecular weight is 630 g/mol. The van der Waals surface area contributed by atoms with Gasteiger partial charge in [-0.05, 0) is 75.2 Å². The van der Waals surface area contributed by atoms with E-state index in [1.807, 2.05) is 19.1 Å². The zero-order chi connectivity index (χ0) is 32.0. The second kappa shape index (κ2) is 11.6. The van der Waals surface area contributed by atoms with Gasteiger partial charge in [-0.2, -0.15) is 18.4 Å². The van der Waals surface area contributed by atoms with E-state index in [4.69, 9.17) is 28.0 Å². The molecule has 1 saturated carbocycles. The zero-order valence-electron chi connectivity index (χ0n) is 24.8. The number of aromatic nitrogens is 1. The number of hydrogen-bond donors (Lipinski definition) is 1. The minimum Gasteiger partial charge on any atom is -0.492 e. The van der Waals surface area contributed by atoms with E-state index < -0.39 is 34.4 Å². The van der Waals surface area contributed by atoms with E-state index >= 15 is 0 Å². The molecule has 3 heterocycles. The molecular formula is C30H34F3N7O3S. The lowest BCUT2D eigenvalue weighted by atomic mass is 10.0. The first kappa shape index (κ1) is 31.6. The zero-order valence-corrected chi connectivity index (χ0v) is 25.6. The molecule has 2 N–H and O–H groups in total. The standard InChI is InChI=1S/C30H34F3N7O3S/c1-4-19-15-20(5-6-24(19)43-14-13-37-9-11-38(12-10-37)29(7-8-29)25(35)41)40-27(44)39(26(42)28(40,2)3)21-16-22(30(31,32)33)23(17-34)36-18-21/h5-6,15-16,18H,4,7-14H2,1-3H3,(H2,35,41). The molecule has 1 aromatic heterocycles. The predicted octanol–water partition coefficient (Wildman–Crippen LogP) is 3.47. The fourth-order valence-corrected chi connectivity index (χ4v) is 6.50. The second-order valence-electron chi connectivity index (χ2n) is 11.7. The third-order valence-corrected chi connectivity index (χ3v) is 9.08. The van der Waals surface area contributed by atoms with Crippen LogP contribution in [-0.4, -0.2) is 82.1 Å². The lowest BCUT2D eigenvalue weighted by Crippen LogP contribution is -2.56. The normalized spacial score (nSPS) is 20.1. The number of benzene rings is 1. The average Bonchev–Trinajstić information content (AvgIpc) is 3.77.